The van der Waals surface area contributed by atoms with E-state index in [-0.39, 0.29) is 12.0 Å². The van der Waals surface area contributed by atoms with Crippen molar-refractivity contribution in [1.82, 2.24) is 9.97 Å². The summed E-state index contributed by atoms with van der Waals surface area (Å²) in [5.74, 6) is 0.390. The fraction of sp³-hybridized carbons (Fsp3) is 0.0909. The molecule has 1 aliphatic carbocycles. The highest BCUT2D eigenvalue weighted by Crippen LogP contribution is 2.46. The van der Waals surface area contributed by atoms with Gasteiger partial charge in [-0.3, -0.25) is 0 Å². The van der Waals surface area contributed by atoms with Crippen LogP contribution < -0.4 is 5.73 Å². The number of nitrogens with zero attached hydrogens (tertiary/aromatic N) is 1. The van der Waals surface area contributed by atoms with Crippen LogP contribution in [0.25, 0.3) is 33.5 Å². The quantitative estimate of drug-likeness (QED) is 0.532. The molecule has 132 valence electrons. The predicted molar refractivity (Wildman–Crippen MR) is 104 cm³/mol. The van der Waals surface area contributed by atoms with Gasteiger partial charge in [-0.15, -0.1) is 0 Å². The van der Waals surface area contributed by atoms with Crippen LogP contribution in [0.3, 0.4) is 0 Å². The molecule has 1 atom stereocenters. The van der Waals surface area contributed by atoms with E-state index < -0.39 is 0 Å². The minimum atomic E-state index is -0.367. The van der Waals surface area contributed by atoms with Crippen molar-refractivity contribution < 1.29 is 9.53 Å². The average Bonchev–Trinajstić information content (AvgIpc) is 3.27. The summed E-state index contributed by atoms with van der Waals surface area (Å²) >= 11 is 0. The van der Waals surface area contributed by atoms with Crippen molar-refractivity contribution in [3.8, 4) is 22.5 Å². The minimum absolute atomic E-state index is 0.133. The van der Waals surface area contributed by atoms with Crippen LogP contribution in [0.15, 0.2) is 60.7 Å². The molecule has 0 fully saturated rings. The molecule has 1 aromatic heterocycles. The van der Waals surface area contributed by atoms with E-state index in [1.165, 1.54) is 7.11 Å². The number of rotatable bonds is 2. The molecule has 0 saturated carbocycles. The lowest BCUT2D eigenvalue weighted by atomic mass is 9.99. The Kier molecular flexibility index (Phi) is 3.39. The predicted octanol–water partition coefficient (Wildman–Crippen LogP) is 4.05. The number of aromatic amines is 1. The largest absolute Gasteiger partial charge is 0.465 e. The topological polar surface area (TPSA) is 81.0 Å². The summed E-state index contributed by atoms with van der Waals surface area (Å²) in [4.78, 5) is 19.9. The van der Waals surface area contributed by atoms with Gasteiger partial charge in [0.05, 0.1) is 29.7 Å². The maximum atomic E-state index is 11.8. The van der Waals surface area contributed by atoms with Gasteiger partial charge in [0.1, 0.15) is 5.82 Å². The Bertz CT molecular complexity index is 1210. The first kappa shape index (κ1) is 15.8. The fourth-order valence-electron chi connectivity index (χ4n) is 3.87. The summed E-state index contributed by atoms with van der Waals surface area (Å²) in [6.45, 7) is 0. The number of nitrogens with one attached hydrogen (secondary N) is 1. The number of carbonyl (C=O) groups is 1. The van der Waals surface area contributed by atoms with Crippen molar-refractivity contribution in [2.75, 3.05) is 7.11 Å². The van der Waals surface area contributed by atoms with Crippen LogP contribution in [0, 0.1) is 0 Å². The van der Waals surface area contributed by atoms with Crippen molar-refractivity contribution in [3.05, 3.63) is 77.4 Å². The third-order valence-corrected chi connectivity index (χ3v) is 5.16. The van der Waals surface area contributed by atoms with Gasteiger partial charge in [0.25, 0.3) is 0 Å². The van der Waals surface area contributed by atoms with Gasteiger partial charge in [-0.25, -0.2) is 9.78 Å². The third-order valence-electron chi connectivity index (χ3n) is 5.16. The highest BCUT2D eigenvalue weighted by Gasteiger charge is 2.28. The number of aromatic nitrogens is 2. The van der Waals surface area contributed by atoms with E-state index in [2.05, 4.69) is 23.2 Å². The van der Waals surface area contributed by atoms with E-state index in [4.69, 9.17) is 15.5 Å². The second-order valence-corrected chi connectivity index (χ2v) is 6.64. The molecule has 4 aromatic rings. The summed E-state index contributed by atoms with van der Waals surface area (Å²) in [6, 6.07) is 19.5. The molecule has 0 aliphatic heterocycles. The maximum absolute atomic E-state index is 11.8. The zero-order chi connectivity index (χ0) is 18.5. The fourth-order valence-corrected chi connectivity index (χ4v) is 3.87. The van der Waals surface area contributed by atoms with E-state index in [0.717, 1.165) is 44.7 Å². The molecule has 27 heavy (non-hydrogen) atoms. The van der Waals surface area contributed by atoms with Crippen molar-refractivity contribution in [1.29, 1.82) is 0 Å². The number of carbonyl (C=O) groups excluding carboxylic acids is 1. The van der Waals surface area contributed by atoms with E-state index in [0.29, 0.717) is 5.56 Å². The lowest BCUT2D eigenvalue weighted by Crippen LogP contribution is -2.07. The van der Waals surface area contributed by atoms with Gasteiger partial charge in [0.2, 0.25) is 0 Å². The Morgan fingerprint density at radius 2 is 1.81 bits per heavy atom. The highest BCUT2D eigenvalue weighted by atomic mass is 16.5. The summed E-state index contributed by atoms with van der Waals surface area (Å²) in [7, 11) is 1.37. The summed E-state index contributed by atoms with van der Waals surface area (Å²) in [6.07, 6.45) is 0. The SMILES string of the molecule is COC(=O)c1ccc2nc(-c3cccc4c3-c3ccccc3C4N)[nH]c2c1. The molecule has 0 amide bonds. The van der Waals surface area contributed by atoms with Crippen LogP contribution >= 0.6 is 0 Å². The van der Waals surface area contributed by atoms with Crippen molar-refractivity contribution in [2.45, 2.75) is 6.04 Å². The molecule has 1 aliphatic rings. The lowest BCUT2D eigenvalue weighted by molar-refractivity contribution is 0.0601. The molecule has 3 aromatic carbocycles. The average molecular weight is 355 g/mol. The Morgan fingerprint density at radius 3 is 2.67 bits per heavy atom. The zero-order valence-electron chi connectivity index (χ0n) is 14.7. The van der Waals surface area contributed by atoms with Crippen molar-refractivity contribution in [2.24, 2.45) is 5.73 Å². The molecule has 3 N–H and O–H groups in total. The first-order valence-electron chi connectivity index (χ1n) is 8.73. The number of methoxy groups -OCH3 is 1. The zero-order valence-corrected chi connectivity index (χ0v) is 14.7. The second kappa shape index (κ2) is 5.79. The number of nitrogens with two attached hydrogens (primary N) is 1. The number of hydrogen-bond donors (Lipinski definition) is 2. The van der Waals surface area contributed by atoms with Gasteiger partial charge < -0.3 is 15.5 Å². The normalized spacial score (nSPS) is 14.8. The first-order valence-corrected chi connectivity index (χ1v) is 8.73. The molecule has 0 saturated heterocycles. The Morgan fingerprint density at radius 1 is 1.04 bits per heavy atom. The number of esters is 1. The van der Waals surface area contributed by atoms with Gasteiger partial charge in [0, 0.05) is 5.56 Å². The highest BCUT2D eigenvalue weighted by molar-refractivity contribution is 5.95. The molecule has 5 nitrogen and oxygen atoms in total. The molecule has 5 rings (SSSR count). The Balaban J connectivity index is 1.71. The van der Waals surface area contributed by atoms with Crippen LogP contribution in [0.1, 0.15) is 27.5 Å². The molecule has 1 unspecified atom stereocenters. The second-order valence-electron chi connectivity index (χ2n) is 6.64. The van der Waals surface area contributed by atoms with Crippen LogP contribution in [0.4, 0.5) is 0 Å². The van der Waals surface area contributed by atoms with Gasteiger partial charge in [-0.1, -0.05) is 42.5 Å². The lowest BCUT2D eigenvalue weighted by Gasteiger charge is -2.08. The van der Waals surface area contributed by atoms with Gasteiger partial charge in [-0.05, 0) is 40.5 Å². The number of imidazole rings is 1. The third kappa shape index (κ3) is 2.29. The number of fused-ring (bicyclic) bond motifs is 4. The van der Waals surface area contributed by atoms with E-state index in [1.807, 2.05) is 30.3 Å². The van der Waals surface area contributed by atoms with Crippen molar-refractivity contribution in [3.63, 3.8) is 0 Å². The molecule has 0 spiro atoms. The number of benzene rings is 3. The summed E-state index contributed by atoms with van der Waals surface area (Å²) < 4.78 is 4.80. The Hall–Kier alpha value is -3.44. The number of hydrogen-bond acceptors (Lipinski definition) is 4. The van der Waals surface area contributed by atoms with E-state index in [1.54, 1.807) is 12.1 Å². The standard InChI is InChI=1S/C22H17N3O2/c1-27-22(26)12-9-10-17-18(11-12)25-21(24-17)16-8-4-7-15-19(16)13-5-2-3-6-14(13)20(15)23/h2-11,20H,23H2,1H3,(H,24,25). The van der Waals surface area contributed by atoms with Gasteiger partial charge in [0.15, 0.2) is 0 Å². The molecular weight excluding hydrogens is 338 g/mol. The summed E-state index contributed by atoms with van der Waals surface area (Å²) in [5.41, 5.74) is 14.0. The summed E-state index contributed by atoms with van der Waals surface area (Å²) in [5, 5.41) is 0. The van der Waals surface area contributed by atoms with Crippen LogP contribution in [0.2, 0.25) is 0 Å². The van der Waals surface area contributed by atoms with E-state index >= 15 is 0 Å². The molecule has 1 heterocycles. The van der Waals surface area contributed by atoms with Gasteiger partial charge >= 0.3 is 5.97 Å². The monoisotopic (exact) mass is 355 g/mol. The van der Waals surface area contributed by atoms with Crippen LogP contribution in [-0.4, -0.2) is 23.0 Å². The number of H-pyrrole nitrogens is 1. The molecule has 5 heteroatoms. The minimum Gasteiger partial charge on any atom is -0.465 e. The molecule has 0 radical (unpaired) electrons. The molecular formula is C22H17N3O2. The van der Waals surface area contributed by atoms with E-state index in [9.17, 15) is 4.79 Å². The Labute approximate surface area is 155 Å². The van der Waals surface area contributed by atoms with Crippen LogP contribution in [0.5, 0.6) is 0 Å². The maximum Gasteiger partial charge on any atom is 0.337 e. The number of ether oxygens (including phenoxy) is 1. The van der Waals surface area contributed by atoms with Crippen molar-refractivity contribution >= 4 is 17.0 Å². The van der Waals surface area contributed by atoms with Gasteiger partial charge in [-0.2, -0.15) is 0 Å². The smallest absolute Gasteiger partial charge is 0.337 e. The van der Waals surface area contributed by atoms with Crippen LogP contribution in [-0.2, 0) is 4.74 Å². The first-order chi connectivity index (χ1) is 13.2. The molecule has 0 bridgehead atoms.